The number of cyclic esters (lactones) is 1. The van der Waals surface area contributed by atoms with Crippen molar-refractivity contribution in [3.63, 3.8) is 0 Å². The quantitative estimate of drug-likeness (QED) is 0.792. The van der Waals surface area contributed by atoms with Crippen LogP contribution in [0.1, 0.15) is 15.9 Å². The standard InChI is InChI=1S/C15H9ClF3NO2/c16-10-5-3-4-9(8-10)14(15(17,18)19)20-12-7-2-1-6-11(12)13(21)22-14/h1-8,20H/t14-/m0/s1. The van der Waals surface area contributed by atoms with Gasteiger partial charge < -0.3 is 10.1 Å². The van der Waals surface area contributed by atoms with Crippen molar-refractivity contribution in [3.05, 3.63) is 64.7 Å². The molecular formula is C15H9ClF3NO2. The number of carbonyl (C=O) groups excluding carboxylic acids is 1. The molecule has 0 aromatic heterocycles. The van der Waals surface area contributed by atoms with E-state index in [0.29, 0.717) is 0 Å². The molecule has 2 aromatic carbocycles. The Morgan fingerprint density at radius 3 is 2.50 bits per heavy atom. The van der Waals surface area contributed by atoms with E-state index in [9.17, 15) is 18.0 Å². The fraction of sp³-hybridized carbons (Fsp3) is 0.133. The normalized spacial score (nSPS) is 20.8. The maximum absolute atomic E-state index is 13.7. The van der Waals surface area contributed by atoms with Gasteiger partial charge in [0.15, 0.2) is 0 Å². The van der Waals surface area contributed by atoms with Crippen LogP contribution in [-0.4, -0.2) is 12.1 Å². The van der Waals surface area contributed by atoms with Crippen LogP contribution in [0.15, 0.2) is 48.5 Å². The number of hydrogen-bond acceptors (Lipinski definition) is 3. The van der Waals surface area contributed by atoms with E-state index < -0.39 is 17.9 Å². The van der Waals surface area contributed by atoms with E-state index in [4.69, 9.17) is 16.3 Å². The summed E-state index contributed by atoms with van der Waals surface area (Å²) in [7, 11) is 0. The van der Waals surface area contributed by atoms with Crippen molar-refractivity contribution < 1.29 is 22.7 Å². The van der Waals surface area contributed by atoms with Gasteiger partial charge in [0.05, 0.1) is 11.3 Å². The summed E-state index contributed by atoms with van der Waals surface area (Å²) in [5.74, 6) is -1.05. The number of rotatable bonds is 1. The van der Waals surface area contributed by atoms with Gasteiger partial charge in [0.2, 0.25) is 0 Å². The summed E-state index contributed by atoms with van der Waals surface area (Å²) in [5.41, 5.74) is -3.17. The maximum Gasteiger partial charge on any atom is 0.453 e. The summed E-state index contributed by atoms with van der Waals surface area (Å²) < 4.78 is 45.9. The third kappa shape index (κ3) is 2.20. The Balaban J connectivity index is 2.20. The highest BCUT2D eigenvalue weighted by molar-refractivity contribution is 6.30. The van der Waals surface area contributed by atoms with Gasteiger partial charge >= 0.3 is 17.9 Å². The van der Waals surface area contributed by atoms with Gasteiger partial charge in [-0.25, -0.2) is 4.79 Å². The Morgan fingerprint density at radius 1 is 1.09 bits per heavy atom. The van der Waals surface area contributed by atoms with Crippen molar-refractivity contribution in [2.45, 2.75) is 11.9 Å². The van der Waals surface area contributed by atoms with Crippen LogP contribution in [0.25, 0.3) is 0 Å². The van der Waals surface area contributed by atoms with Crippen molar-refractivity contribution in [1.29, 1.82) is 0 Å². The molecule has 0 bridgehead atoms. The minimum atomic E-state index is -4.87. The maximum atomic E-state index is 13.7. The van der Waals surface area contributed by atoms with Crippen molar-refractivity contribution in [2.24, 2.45) is 0 Å². The first-order valence-corrected chi connectivity index (χ1v) is 6.64. The lowest BCUT2D eigenvalue weighted by Gasteiger charge is -2.40. The number of fused-ring (bicyclic) bond motifs is 1. The highest BCUT2D eigenvalue weighted by atomic mass is 35.5. The van der Waals surface area contributed by atoms with Crippen LogP contribution in [0.5, 0.6) is 0 Å². The molecule has 0 saturated carbocycles. The van der Waals surface area contributed by atoms with Crippen LogP contribution in [0.2, 0.25) is 5.02 Å². The smallest absolute Gasteiger partial charge is 0.421 e. The van der Waals surface area contributed by atoms with Crippen molar-refractivity contribution in [1.82, 2.24) is 0 Å². The molecule has 114 valence electrons. The SMILES string of the molecule is O=C1O[C@@](c2cccc(Cl)c2)(C(F)(F)F)Nc2ccccc21. The Labute approximate surface area is 128 Å². The summed E-state index contributed by atoms with van der Waals surface area (Å²) in [6, 6.07) is 11.0. The second-order valence-electron chi connectivity index (χ2n) is 4.75. The summed E-state index contributed by atoms with van der Waals surface area (Å²) in [4.78, 5) is 12.0. The predicted molar refractivity (Wildman–Crippen MR) is 74.7 cm³/mol. The van der Waals surface area contributed by atoms with E-state index >= 15 is 0 Å². The number of para-hydroxylation sites is 1. The molecule has 0 amide bonds. The number of hydrogen-bond donors (Lipinski definition) is 1. The summed E-state index contributed by atoms with van der Waals surface area (Å²) in [6.45, 7) is 0. The highest BCUT2D eigenvalue weighted by Crippen LogP contribution is 2.46. The van der Waals surface area contributed by atoms with Crippen molar-refractivity contribution in [3.8, 4) is 0 Å². The minimum absolute atomic E-state index is 0.0457. The number of benzene rings is 2. The number of alkyl halides is 3. The van der Waals surface area contributed by atoms with Gasteiger partial charge in [0.25, 0.3) is 0 Å². The number of nitrogens with one attached hydrogen (secondary N) is 1. The van der Waals surface area contributed by atoms with Crippen LogP contribution >= 0.6 is 11.6 Å². The van der Waals surface area contributed by atoms with Crippen LogP contribution in [0.3, 0.4) is 0 Å². The van der Waals surface area contributed by atoms with Crippen LogP contribution in [-0.2, 0) is 10.5 Å². The number of esters is 1. The third-order valence-corrected chi connectivity index (χ3v) is 3.57. The van der Waals surface area contributed by atoms with Crippen LogP contribution < -0.4 is 5.32 Å². The molecule has 2 aromatic rings. The van der Waals surface area contributed by atoms with E-state index in [1.807, 2.05) is 0 Å². The lowest BCUT2D eigenvalue weighted by molar-refractivity contribution is -0.254. The van der Waals surface area contributed by atoms with E-state index in [2.05, 4.69) is 5.32 Å². The number of carbonyl (C=O) groups is 1. The first kappa shape index (κ1) is 14.7. The number of ether oxygens (including phenoxy) is 1. The molecule has 0 aliphatic carbocycles. The summed E-state index contributed by atoms with van der Waals surface area (Å²) in [5, 5.41) is 2.41. The molecule has 22 heavy (non-hydrogen) atoms. The van der Waals surface area contributed by atoms with Gasteiger partial charge in [0, 0.05) is 10.6 Å². The first-order valence-electron chi connectivity index (χ1n) is 6.27. The number of halogens is 4. The second kappa shape index (κ2) is 4.91. The largest absolute Gasteiger partial charge is 0.453 e. The minimum Gasteiger partial charge on any atom is -0.421 e. The molecule has 3 rings (SSSR count). The van der Waals surface area contributed by atoms with Gasteiger partial charge in [-0.1, -0.05) is 35.9 Å². The van der Waals surface area contributed by atoms with Gasteiger partial charge in [-0.2, -0.15) is 13.2 Å². The van der Waals surface area contributed by atoms with E-state index in [0.717, 1.165) is 6.07 Å². The van der Waals surface area contributed by atoms with Crippen LogP contribution in [0.4, 0.5) is 18.9 Å². The Hall–Kier alpha value is -2.21. The van der Waals surface area contributed by atoms with Gasteiger partial charge in [-0.3, -0.25) is 0 Å². The molecule has 3 nitrogen and oxygen atoms in total. The topological polar surface area (TPSA) is 38.3 Å². The third-order valence-electron chi connectivity index (χ3n) is 3.33. The zero-order valence-electron chi connectivity index (χ0n) is 10.9. The van der Waals surface area contributed by atoms with Crippen LogP contribution in [0, 0.1) is 0 Å². The van der Waals surface area contributed by atoms with Gasteiger partial charge in [-0.05, 0) is 24.3 Å². The lowest BCUT2D eigenvalue weighted by atomic mass is 9.98. The van der Waals surface area contributed by atoms with E-state index in [-0.39, 0.29) is 21.8 Å². The molecule has 1 aliphatic heterocycles. The molecule has 1 aliphatic rings. The fourth-order valence-electron chi connectivity index (χ4n) is 2.31. The monoisotopic (exact) mass is 327 g/mol. The van der Waals surface area contributed by atoms with E-state index in [1.54, 1.807) is 6.07 Å². The second-order valence-corrected chi connectivity index (χ2v) is 5.19. The molecule has 0 spiro atoms. The molecule has 7 heteroatoms. The zero-order valence-corrected chi connectivity index (χ0v) is 11.7. The Bertz CT molecular complexity index is 748. The highest BCUT2D eigenvalue weighted by Gasteiger charge is 2.62. The molecule has 0 unspecified atom stereocenters. The summed E-state index contributed by atoms with van der Waals surface area (Å²) >= 11 is 5.78. The average Bonchev–Trinajstić information content (AvgIpc) is 2.46. The Kier molecular flexibility index (Phi) is 3.29. The van der Waals surface area contributed by atoms with Gasteiger partial charge in [0.1, 0.15) is 0 Å². The van der Waals surface area contributed by atoms with E-state index in [1.165, 1.54) is 36.4 Å². The first-order chi connectivity index (χ1) is 10.3. The Morgan fingerprint density at radius 2 is 1.82 bits per heavy atom. The van der Waals surface area contributed by atoms with Crippen molar-refractivity contribution >= 4 is 23.3 Å². The summed E-state index contributed by atoms with van der Waals surface area (Å²) in [6.07, 6.45) is -4.87. The molecule has 1 N–H and O–H groups in total. The zero-order chi connectivity index (χ0) is 16.0. The van der Waals surface area contributed by atoms with Crippen molar-refractivity contribution in [2.75, 3.05) is 5.32 Å². The molecule has 0 radical (unpaired) electrons. The fourth-order valence-corrected chi connectivity index (χ4v) is 2.50. The lowest BCUT2D eigenvalue weighted by Crippen LogP contribution is -2.54. The molecule has 1 heterocycles. The predicted octanol–water partition coefficient (Wildman–Crippen LogP) is 4.34. The molecule has 0 fully saturated rings. The number of anilines is 1. The van der Waals surface area contributed by atoms with Gasteiger partial charge in [-0.15, -0.1) is 0 Å². The average molecular weight is 328 g/mol. The molecular weight excluding hydrogens is 319 g/mol. The molecule has 1 atom stereocenters. The molecule has 0 saturated heterocycles.